The van der Waals surface area contributed by atoms with E-state index in [1.807, 2.05) is 31.2 Å². The van der Waals surface area contributed by atoms with E-state index in [0.29, 0.717) is 30.2 Å². The van der Waals surface area contributed by atoms with Crippen LogP contribution >= 0.6 is 15.9 Å². The number of hydrogen-bond acceptors (Lipinski definition) is 3. The highest BCUT2D eigenvalue weighted by atomic mass is 79.9. The van der Waals surface area contributed by atoms with Crippen molar-refractivity contribution >= 4 is 21.8 Å². The van der Waals surface area contributed by atoms with E-state index in [4.69, 9.17) is 9.47 Å². The zero-order valence-electron chi connectivity index (χ0n) is 12.6. The molecule has 0 saturated carbocycles. The second-order valence-corrected chi connectivity index (χ2v) is 5.53. The van der Waals surface area contributed by atoms with Gasteiger partial charge in [0.05, 0.1) is 13.7 Å². The third kappa shape index (κ3) is 4.24. The van der Waals surface area contributed by atoms with Crippen LogP contribution in [0.4, 0.5) is 0 Å². The molecule has 0 radical (unpaired) electrons. The van der Waals surface area contributed by atoms with Crippen molar-refractivity contribution in [2.75, 3.05) is 13.7 Å². The first-order chi connectivity index (χ1) is 10.6. The normalized spacial score (nSPS) is 10.1. The summed E-state index contributed by atoms with van der Waals surface area (Å²) in [5.74, 6) is 1.03. The van der Waals surface area contributed by atoms with E-state index < -0.39 is 0 Å². The Kier molecular flexibility index (Phi) is 5.83. The van der Waals surface area contributed by atoms with E-state index in [-0.39, 0.29) is 5.91 Å². The maximum absolute atomic E-state index is 12.2. The van der Waals surface area contributed by atoms with Gasteiger partial charge < -0.3 is 14.8 Å². The van der Waals surface area contributed by atoms with Gasteiger partial charge in [0.2, 0.25) is 0 Å². The predicted molar refractivity (Wildman–Crippen MR) is 89.5 cm³/mol. The van der Waals surface area contributed by atoms with Crippen LogP contribution in [0.5, 0.6) is 11.5 Å². The van der Waals surface area contributed by atoms with Gasteiger partial charge in [-0.3, -0.25) is 4.79 Å². The quantitative estimate of drug-likeness (QED) is 0.849. The lowest BCUT2D eigenvalue weighted by atomic mass is 10.1. The van der Waals surface area contributed by atoms with Crippen LogP contribution in [0.2, 0.25) is 0 Å². The molecule has 0 atom stereocenters. The Balaban J connectivity index is 2.06. The summed E-state index contributed by atoms with van der Waals surface area (Å²) < 4.78 is 11.7. The summed E-state index contributed by atoms with van der Waals surface area (Å²) in [6.45, 7) is 2.91. The van der Waals surface area contributed by atoms with Gasteiger partial charge in [0.25, 0.3) is 5.91 Å². The number of halogens is 1. The summed E-state index contributed by atoms with van der Waals surface area (Å²) in [4.78, 5) is 12.2. The molecule has 2 rings (SSSR count). The van der Waals surface area contributed by atoms with Crippen molar-refractivity contribution in [1.29, 1.82) is 0 Å². The molecule has 5 heteroatoms. The third-order valence-electron chi connectivity index (χ3n) is 3.07. The summed E-state index contributed by atoms with van der Waals surface area (Å²) >= 11 is 3.41. The summed E-state index contributed by atoms with van der Waals surface area (Å²) in [6.07, 6.45) is 0. The van der Waals surface area contributed by atoms with Crippen LogP contribution in [0.15, 0.2) is 46.9 Å². The van der Waals surface area contributed by atoms with E-state index in [0.717, 1.165) is 10.0 Å². The number of rotatable bonds is 6. The topological polar surface area (TPSA) is 47.6 Å². The molecule has 1 N–H and O–H groups in total. The van der Waals surface area contributed by atoms with Gasteiger partial charge in [-0.25, -0.2) is 0 Å². The Morgan fingerprint density at radius 3 is 2.68 bits per heavy atom. The molecule has 0 unspecified atom stereocenters. The fraction of sp³-hybridized carbons (Fsp3) is 0.235. The first kappa shape index (κ1) is 16.4. The highest BCUT2D eigenvalue weighted by molar-refractivity contribution is 9.10. The number of benzene rings is 2. The number of amides is 1. The predicted octanol–water partition coefficient (Wildman–Crippen LogP) is 3.79. The Hall–Kier alpha value is -2.01. The fourth-order valence-electron chi connectivity index (χ4n) is 2.01. The molecule has 0 aliphatic carbocycles. The molecular weight excluding hydrogens is 346 g/mol. The zero-order valence-corrected chi connectivity index (χ0v) is 14.1. The van der Waals surface area contributed by atoms with Crippen molar-refractivity contribution in [3.63, 3.8) is 0 Å². The number of carbonyl (C=O) groups excluding carboxylic acids is 1. The maximum atomic E-state index is 12.2. The standard InChI is InChI=1S/C17H18BrNO3/c1-3-22-15-8-7-13(10-16(15)21-2)17(20)19-11-12-5-4-6-14(18)9-12/h4-10H,3,11H2,1-2H3,(H,19,20). The number of ether oxygens (including phenoxy) is 2. The minimum Gasteiger partial charge on any atom is -0.493 e. The monoisotopic (exact) mass is 363 g/mol. The zero-order chi connectivity index (χ0) is 15.9. The van der Waals surface area contributed by atoms with Gasteiger partial charge in [-0.05, 0) is 42.8 Å². The van der Waals surface area contributed by atoms with Crippen molar-refractivity contribution in [2.24, 2.45) is 0 Å². The number of nitrogens with one attached hydrogen (secondary N) is 1. The number of methoxy groups -OCH3 is 1. The molecule has 4 nitrogen and oxygen atoms in total. The maximum Gasteiger partial charge on any atom is 0.251 e. The second kappa shape index (κ2) is 7.84. The van der Waals surface area contributed by atoms with E-state index in [2.05, 4.69) is 21.2 Å². The fourth-order valence-corrected chi connectivity index (χ4v) is 2.46. The van der Waals surface area contributed by atoms with E-state index in [9.17, 15) is 4.79 Å². The Morgan fingerprint density at radius 2 is 2.00 bits per heavy atom. The number of hydrogen-bond donors (Lipinski definition) is 1. The second-order valence-electron chi connectivity index (χ2n) is 4.61. The van der Waals surface area contributed by atoms with Crippen molar-refractivity contribution in [3.05, 3.63) is 58.1 Å². The van der Waals surface area contributed by atoms with Crippen LogP contribution in [-0.4, -0.2) is 19.6 Å². The SMILES string of the molecule is CCOc1ccc(C(=O)NCc2cccc(Br)c2)cc1OC. The van der Waals surface area contributed by atoms with Crippen molar-refractivity contribution in [3.8, 4) is 11.5 Å². The van der Waals surface area contributed by atoms with Crippen LogP contribution in [0, 0.1) is 0 Å². The Morgan fingerprint density at radius 1 is 1.18 bits per heavy atom. The van der Waals surface area contributed by atoms with Gasteiger partial charge >= 0.3 is 0 Å². The van der Waals surface area contributed by atoms with Crippen molar-refractivity contribution < 1.29 is 14.3 Å². The van der Waals surface area contributed by atoms with Crippen LogP contribution < -0.4 is 14.8 Å². The summed E-state index contributed by atoms with van der Waals surface area (Å²) in [5.41, 5.74) is 1.57. The minimum absolute atomic E-state index is 0.152. The first-order valence-electron chi connectivity index (χ1n) is 6.97. The summed E-state index contributed by atoms with van der Waals surface area (Å²) in [7, 11) is 1.56. The van der Waals surface area contributed by atoms with Gasteiger partial charge in [0, 0.05) is 16.6 Å². The molecular formula is C17H18BrNO3. The smallest absolute Gasteiger partial charge is 0.251 e. The van der Waals surface area contributed by atoms with E-state index in [1.54, 1.807) is 25.3 Å². The molecule has 22 heavy (non-hydrogen) atoms. The first-order valence-corrected chi connectivity index (χ1v) is 7.76. The summed E-state index contributed by atoms with van der Waals surface area (Å²) in [5, 5.41) is 2.89. The molecule has 0 bridgehead atoms. The minimum atomic E-state index is -0.152. The molecule has 0 aliphatic rings. The van der Waals surface area contributed by atoms with Gasteiger partial charge in [0.1, 0.15) is 0 Å². The highest BCUT2D eigenvalue weighted by Gasteiger charge is 2.10. The average Bonchev–Trinajstić information content (AvgIpc) is 2.53. The lowest BCUT2D eigenvalue weighted by Crippen LogP contribution is -2.22. The van der Waals surface area contributed by atoms with Crippen LogP contribution in [-0.2, 0) is 6.54 Å². The molecule has 2 aromatic rings. The molecule has 0 aliphatic heterocycles. The van der Waals surface area contributed by atoms with Gasteiger partial charge in [-0.15, -0.1) is 0 Å². The Bertz CT molecular complexity index is 658. The molecule has 0 fully saturated rings. The van der Waals surface area contributed by atoms with Crippen molar-refractivity contribution in [2.45, 2.75) is 13.5 Å². The lowest BCUT2D eigenvalue weighted by molar-refractivity contribution is 0.0950. The molecule has 0 saturated heterocycles. The van der Waals surface area contributed by atoms with Gasteiger partial charge in [0.15, 0.2) is 11.5 Å². The van der Waals surface area contributed by atoms with Crippen molar-refractivity contribution in [1.82, 2.24) is 5.32 Å². The highest BCUT2D eigenvalue weighted by Crippen LogP contribution is 2.28. The Labute approximate surface area is 138 Å². The van der Waals surface area contributed by atoms with Gasteiger partial charge in [-0.1, -0.05) is 28.1 Å². The van der Waals surface area contributed by atoms with E-state index >= 15 is 0 Å². The molecule has 2 aromatic carbocycles. The largest absolute Gasteiger partial charge is 0.493 e. The molecule has 1 amide bonds. The van der Waals surface area contributed by atoms with E-state index in [1.165, 1.54) is 0 Å². The molecule has 0 heterocycles. The molecule has 0 aromatic heterocycles. The summed E-state index contributed by atoms with van der Waals surface area (Å²) in [6, 6.07) is 13.0. The molecule has 116 valence electrons. The van der Waals surface area contributed by atoms with Crippen LogP contribution in [0.25, 0.3) is 0 Å². The third-order valence-corrected chi connectivity index (χ3v) is 3.56. The lowest BCUT2D eigenvalue weighted by Gasteiger charge is -2.11. The molecule has 0 spiro atoms. The van der Waals surface area contributed by atoms with Crippen LogP contribution in [0.3, 0.4) is 0 Å². The average molecular weight is 364 g/mol. The van der Waals surface area contributed by atoms with Crippen LogP contribution in [0.1, 0.15) is 22.8 Å². The van der Waals surface area contributed by atoms with Gasteiger partial charge in [-0.2, -0.15) is 0 Å². The number of carbonyl (C=O) groups is 1.